The first-order valence-electron chi connectivity index (χ1n) is 10.1. The summed E-state index contributed by atoms with van der Waals surface area (Å²) in [6.45, 7) is 4.95. The Morgan fingerprint density at radius 1 is 0.900 bits per heavy atom. The normalized spacial score (nSPS) is 12.5. The fraction of sp³-hybridized carbons (Fsp3) is 0.391. The van der Waals surface area contributed by atoms with Crippen LogP contribution in [0.1, 0.15) is 22.5 Å². The predicted octanol–water partition coefficient (Wildman–Crippen LogP) is 2.88. The SMILES string of the molecule is Cc1nonc1CN(C)Cc1ccc(OCC(O)CN(C)Cc2ccccc2)cc1. The Morgan fingerprint density at radius 3 is 2.23 bits per heavy atom. The molecule has 2 aromatic carbocycles. The number of benzene rings is 2. The summed E-state index contributed by atoms with van der Waals surface area (Å²) in [7, 11) is 4.03. The largest absolute Gasteiger partial charge is 0.491 e. The molecule has 0 aliphatic heterocycles. The number of aliphatic hydroxyl groups is 1. The minimum absolute atomic E-state index is 0.261. The lowest BCUT2D eigenvalue weighted by atomic mass is 10.2. The maximum absolute atomic E-state index is 10.3. The molecule has 0 bridgehead atoms. The van der Waals surface area contributed by atoms with Gasteiger partial charge in [0.15, 0.2) is 0 Å². The van der Waals surface area contributed by atoms with Crippen LogP contribution in [0.3, 0.4) is 0 Å². The van der Waals surface area contributed by atoms with E-state index in [1.54, 1.807) is 0 Å². The van der Waals surface area contributed by atoms with Gasteiger partial charge in [-0.3, -0.25) is 9.80 Å². The van der Waals surface area contributed by atoms with Gasteiger partial charge in [0.1, 0.15) is 29.8 Å². The van der Waals surface area contributed by atoms with E-state index >= 15 is 0 Å². The van der Waals surface area contributed by atoms with E-state index in [2.05, 4.69) is 32.2 Å². The summed E-state index contributed by atoms with van der Waals surface area (Å²) in [5.74, 6) is 0.753. The zero-order valence-electron chi connectivity index (χ0n) is 17.9. The predicted molar refractivity (Wildman–Crippen MR) is 115 cm³/mol. The second-order valence-corrected chi connectivity index (χ2v) is 7.76. The number of hydrogen-bond acceptors (Lipinski definition) is 7. The average molecular weight is 411 g/mol. The lowest BCUT2D eigenvalue weighted by Gasteiger charge is -2.21. The van der Waals surface area contributed by atoms with Crippen molar-refractivity contribution in [2.75, 3.05) is 27.2 Å². The van der Waals surface area contributed by atoms with Gasteiger partial charge in [0.05, 0.1) is 0 Å². The van der Waals surface area contributed by atoms with Crippen LogP contribution in [-0.2, 0) is 19.6 Å². The first kappa shape index (κ1) is 22.0. The van der Waals surface area contributed by atoms with Gasteiger partial charge in [-0.1, -0.05) is 52.8 Å². The Morgan fingerprint density at radius 2 is 1.57 bits per heavy atom. The minimum atomic E-state index is -0.552. The van der Waals surface area contributed by atoms with E-state index in [0.29, 0.717) is 13.1 Å². The van der Waals surface area contributed by atoms with Crippen LogP contribution < -0.4 is 4.74 Å². The first-order chi connectivity index (χ1) is 14.5. The van der Waals surface area contributed by atoms with Crippen LogP contribution >= 0.6 is 0 Å². The molecule has 1 atom stereocenters. The van der Waals surface area contributed by atoms with Gasteiger partial charge < -0.3 is 9.84 Å². The van der Waals surface area contributed by atoms with Crippen LogP contribution in [0.25, 0.3) is 0 Å². The van der Waals surface area contributed by atoms with Gasteiger partial charge in [-0.05, 0) is 44.3 Å². The third kappa shape index (κ3) is 6.95. The molecule has 0 saturated carbocycles. The Kier molecular flexibility index (Phi) is 7.96. The molecular weight excluding hydrogens is 380 g/mol. The highest BCUT2D eigenvalue weighted by Gasteiger charge is 2.11. The number of ether oxygens (including phenoxy) is 1. The highest BCUT2D eigenvalue weighted by molar-refractivity contribution is 5.27. The standard InChI is InChI=1S/C23H30N4O3/c1-18-23(25-30-24-18)16-27(3)14-20-9-11-22(12-10-20)29-17-21(28)15-26(2)13-19-7-5-4-6-8-19/h4-12,21,28H,13-17H2,1-3H3. The Labute approximate surface area is 177 Å². The smallest absolute Gasteiger partial charge is 0.122 e. The van der Waals surface area contributed by atoms with Crippen molar-refractivity contribution >= 4 is 0 Å². The van der Waals surface area contributed by atoms with Gasteiger partial charge in [-0.2, -0.15) is 0 Å². The van der Waals surface area contributed by atoms with E-state index in [0.717, 1.165) is 30.2 Å². The fourth-order valence-electron chi connectivity index (χ4n) is 3.27. The molecule has 1 unspecified atom stereocenters. The topological polar surface area (TPSA) is 74.9 Å². The second-order valence-electron chi connectivity index (χ2n) is 7.76. The zero-order valence-corrected chi connectivity index (χ0v) is 17.9. The van der Waals surface area contributed by atoms with Gasteiger partial charge in [0.2, 0.25) is 0 Å². The number of aromatic nitrogens is 2. The molecule has 0 saturated heterocycles. The highest BCUT2D eigenvalue weighted by Crippen LogP contribution is 2.15. The quantitative estimate of drug-likeness (QED) is 0.521. The maximum Gasteiger partial charge on any atom is 0.122 e. The third-order valence-corrected chi connectivity index (χ3v) is 4.80. The Balaban J connectivity index is 1.40. The number of rotatable bonds is 11. The van der Waals surface area contributed by atoms with E-state index in [4.69, 9.17) is 9.37 Å². The summed E-state index contributed by atoms with van der Waals surface area (Å²) in [4.78, 5) is 4.24. The average Bonchev–Trinajstić information content (AvgIpc) is 3.12. The van der Waals surface area contributed by atoms with E-state index < -0.39 is 6.10 Å². The number of hydrogen-bond donors (Lipinski definition) is 1. The number of nitrogens with zero attached hydrogens (tertiary/aromatic N) is 4. The molecule has 0 fully saturated rings. The Bertz CT molecular complexity index is 883. The van der Waals surface area contributed by atoms with Gasteiger partial charge >= 0.3 is 0 Å². The van der Waals surface area contributed by atoms with Crippen LogP contribution in [0, 0.1) is 6.92 Å². The molecule has 1 N–H and O–H groups in total. The highest BCUT2D eigenvalue weighted by atomic mass is 16.6. The molecule has 30 heavy (non-hydrogen) atoms. The lowest BCUT2D eigenvalue weighted by molar-refractivity contribution is 0.0744. The molecule has 160 valence electrons. The molecule has 7 heteroatoms. The molecule has 0 aliphatic carbocycles. The minimum Gasteiger partial charge on any atom is -0.491 e. The maximum atomic E-state index is 10.3. The number of aryl methyl sites for hydroxylation is 1. The summed E-state index contributed by atoms with van der Waals surface area (Å²) < 4.78 is 10.5. The van der Waals surface area contributed by atoms with Crippen LogP contribution in [-0.4, -0.2) is 58.6 Å². The first-order valence-corrected chi connectivity index (χ1v) is 10.1. The summed E-state index contributed by atoms with van der Waals surface area (Å²) in [5, 5.41) is 18.0. The summed E-state index contributed by atoms with van der Waals surface area (Å²) in [6, 6.07) is 18.2. The molecule has 1 heterocycles. The van der Waals surface area contributed by atoms with E-state index in [9.17, 15) is 5.11 Å². The van der Waals surface area contributed by atoms with Crippen LogP contribution in [0.5, 0.6) is 5.75 Å². The van der Waals surface area contributed by atoms with Crippen molar-refractivity contribution < 1.29 is 14.5 Å². The van der Waals surface area contributed by atoms with Crippen LogP contribution in [0.4, 0.5) is 0 Å². The van der Waals surface area contributed by atoms with Gasteiger partial charge in [-0.25, -0.2) is 4.63 Å². The number of aliphatic hydroxyl groups excluding tert-OH is 1. The molecule has 1 aromatic heterocycles. The monoisotopic (exact) mass is 410 g/mol. The molecule has 7 nitrogen and oxygen atoms in total. The van der Waals surface area contributed by atoms with Crippen LogP contribution in [0.2, 0.25) is 0 Å². The molecule has 3 rings (SSSR count). The summed E-state index contributed by atoms with van der Waals surface area (Å²) in [6.07, 6.45) is -0.552. The van der Waals surface area contributed by atoms with E-state index in [-0.39, 0.29) is 6.61 Å². The fourth-order valence-corrected chi connectivity index (χ4v) is 3.27. The van der Waals surface area contributed by atoms with Gasteiger partial charge in [0.25, 0.3) is 0 Å². The summed E-state index contributed by atoms with van der Waals surface area (Å²) in [5.41, 5.74) is 4.06. The number of likely N-dealkylation sites (N-methyl/N-ethyl adjacent to an activating group) is 1. The van der Waals surface area contributed by atoms with Crippen molar-refractivity contribution in [2.45, 2.75) is 32.7 Å². The third-order valence-electron chi connectivity index (χ3n) is 4.80. The molecular formula is C23H30N4O3. The lowest BCUT2D eigenvalue weighted by Crippen LogP contribution is -2.32. The molecule has 0 aliphatic rings. The van der Waals surface area contributed by atoms with Gasteiger partial charge in [0, 0.05) is 26.2 Å². The zero-order chi connectivity index (χ0) is 21.3. The molecule has 0 spiro atoms. The second kappa shape index (κ2) is 10.9. The van der Waals surface area contributed by atoms with Crippen molar-refractivity contribution in [1.29, 1.82) is 0 Å². The molecule has 0 amide bonds. The Hall–Kier alpha value is -2.74. The summed E-state index contributed by atoms with van der Waals surface area (Å²) >= 11 is 0. The van der Waals surface area contributed by atoms with Crippen LogP contribution in [0.15, 0.2) is 59.2 Å². The van der Waals surface area contributed by atoms with Crippen molar-refractivity contribution in [3.63, 3.8) is 0 Å². The van der Waals surface area contributed by atoms with E-state index in [1.165, 1.54) is 11.1 Å². The van der Waals surface area contributed by atoms with Crippen molar-refractivity contribution in [2.24, 2.45) is 0 Å². The van der Waals surface area contributed by atoms with E-state index in [1.807, 2.05) is 63.5 Å². The van der Waals surface area contributed by atoms with Crippen molar-refractivity contribution in [1.82, 2.24) is 20.1 Å². The van der Waals surface area contributed by atoms with Crippen molar-refractivity contribution in [3.8, 4) is 5.75 Å². The molecule has 0 radical (unpaired) electrons. The van der Waals surface area contributed by atoms with Gasteiger partial charge in [-0.15, -0.1) is 0 Å². The van der Waals surface area contributed by atoms with Crippen molar-refractivity contribution in [3.05, 3.63) is 77.1 Å². The molecule has 3 aromatic rings.